The van der Waals surface area contributed by atoms with Crippen LogP contribution in [0.25, 0.3) is 0 Å². The monoisotopic (exact) mass is 298 g/mol. The Kier molecular flexibility index (Phi) is 11.4. The Morgan fingerprint density at radius 3 is 1.85 bits per heavy atom. The quantitative estimate of drug-likeness (QED) is 0.390. The highest BCUT2D eigenvalue weighted by Gasteiger charge is 2.38. The van der Waals surface area contributed by atoms with E-state index in [0.29, 0.717) is 13.1 Å². The van der Waals surface area contributed by atoms with Crippen LogP contribution >= 0.6 is 0 Å². The maximum atomic E-state index is 11.8. The highest BCUT2D eigenvalue weighted by molar-refractivity contribution is 5.81. The molecule has 1 amide bonds. The van der Waals surface area contributed by atoms with E-state index in [1.807, 2.05) is 0 Å². The molecule has 0 saturated heterocycles. The van der Waals surface area contributed by atoms with Gasteiger partial charge in [-0.25, -0.2) is 0 Å². The van der Waals surface area contributed by atoms with Gasteiger partial charge in [-0.3, -0.25) is 4.79 Å². The Labute approximate surface area is 118 Å². The van der Waals surface area contributed by atoms with Crippen molar-refractivity contribution in [3.8, 4) is 0 Å². The number of nitrogens with one attached hydrogen (secondary N) is 4. The topological polar surface area (TPSA) is 65.2 Å². The maximum Gasteiger partial charge on any atom is 0.471 e. The van der Waals surface area contributed by atoms with Crippen LogP contribution in [0.15, 0.2) is 0 Å². The highest BCUT2D eigenvalue weighted by atomic mass is 19.4. The zero-order valence-electron chi connectivity index (χ0n) is 11.9. The molecule has 0 saturated carbocycles. The molecule has 4 N–H and O–H groups in total. The first-order valence-electron chi connectivity index (χ1n) is 6.95. The zero-order chi connectivity index (χ0) is 15.3. The van der Waals surface area contributed by atoms with E-state index in [0.717, 1.165) is 39.0 Å². The number of amides is 1. The Morgan fingerprint density at radius 1 is 0.850 bits per heavy atom. The normalized spacial score (nSPS) is 11.6. The van der Waals surface area contributed by atoms with Crippen molar-refractivity contribution in [2.75, 3.05) is 45.8 Å². The molecule has 0 heterocycles. The molecule has 20 heavy (non-hydrogen) atoms. The number of hydrogen-bond donors (Lipinski definition) is 4. The molecule has 120 valence electrons. The van der Waals surface area contributed by atoms with E-state index in [2.05, 4.69) is 22.9 Å². The van der Waals surface area contributed by atoms with E-state index < -0.39 is 12.1 Å². The second kappa shape index (κ2) is 11.9. The summed E-state index contributed by atoms with van der Waals surface area (Å²) in [5.74, 6) is -1.89. The van der Waals surface area contributed by atoms with Crippen LogP contribution in [0.3, 0.4) is 0 Å². The van der Waals surface area contributed by atoms with E-state index in [9.17, 15) is 18.0 Å². The SMILES string of the molecule is CCCNCCNCCCNCCNC(=O)C(F)(F)F. The molecular weight excluding hydrogens is 273 g/mol. The van der Waals surface area contributed by atoms with Gasteiger partial charge >= 0.3 is 12.1 Å². The third kappa shape index (κ3) is 12.2. The van der Waals surface area contributed by atoms with E-state index in [-0.39, 0.29) is 6.54 Å². The summed E-state index contributed by atoms with van der Waals surface area (Å²) >= 11 is 0. The summed E-state index contributed by atoms with van der Waals surface area (Å²) in [6.07, 6.45) is -2.79. The minimum Gasteiger partial charge on any atom is -0.347 e. The molecule has 0 radical (unpaired) electrons. The molecular formula is C12H25F3N4O. The molecule has 0 aliphatic heterocycles. The van der Waals surface area contributed by atoms with Crippen molar-refractivity contribution in [1.82, 2.24) is 21.3 Å². The highest BCUT2D eigenvalue weighted by Crippen LogP contribution is 2.13. The molecule has 0 rings (SSSR count). The van der Waals surface area contributed by atoms with Crippen LogP contribution in [0.4, 0.5) is 13.2 Å². The van der Waals surface area contributed by atoms with Gasteiger partial charge in [0, 0.05) is 26.2 Å². The van der Waals surface area contributed by atoms with Gasteiger partial charge in [-0.05, 0) is 32.5 Å². The summed E-state index contributed by atoms with van der Waals surface area (Å²) in [5.41, 5.74) is 0. The van der Waals surface area contributed by atoms with E-state index >= 15 is 0 Å². The fourth-order valence-corrected chi connectivity index (χ4v) is 1.43. The maximum absolute atomic E-state index is 11.8. The van der Waals surface area contributed by atoms with E-state index in [1.54, 1.807) is 5.32 Å². The summed E-state index contributed by atoms with van der Waals surface area (Å²) in [6.45, 7) is 6.85. The minimum absolute atomic E-state index is 0.0211. The van der Waals surface area contributed by atoms with E-state index in [4.69, 9.17) is 0 Å². The first-order chi connectivity index (χ1) is 9.48. The van der Waals surface area contributed by atoms with Crippen LogP contribution in [0.5, 0.6) is 0 Å². The van der Waals surface area contributed by atoms with Crippen molar-refractivity contribution < 1.29 is 18.0 Å². The summed E-state index contributed by atoms with van der Waals surface area (Å²) in [7, 11) is 0. The van der Waals surface area contributed by atoms with Crippen molar-refractivity contribution in [3.05, 3.63) is 0 Å². The fourth-order valence-electron chi connectivity index (χ4n) is 1.43. The van der Waals surface area contributed by atoms with Gasteiger partial charge in [-0.1, -0.05) is 6.92 Å². The lowest BCUT2D eigenvalue weighted by molar-refractivity contribution is -0.173. The largest absolute Gasteiger partial charge is 0.471 e. The molecule has 0 fully saturated rings. The molecule has 0 aromatic carbocycles. The smallest absolute Gasteiger partial charge is 0.347 e. The van der Waals surface area contributed by atoms with Crippen LogP contribution in [0, 0.1) is 0 Å². The second-order valence-corrected chi connectivity index (χ2v) is 4.36. The van der Waals surface area contributed by atoms with Crippen LogP contribution in [-0.2, 0) is 4.79 Å². The van der Waals surface area contributed by atoms with Gasteiger partial charge in [0.2, 0.25) is 0 Å². The van der Waals surface area contributed by atoms with Gasteiger partial charge in [-0.15, -0.1) is 0 Å². The van der Waals surface area contributed by atoms with Gasteiger partial charge in [0.05, 0.1) is 0 Å². The lowest BCUT2D eigenvalue weighted by Crippen LogP contribution is -2.40. The molecule has 8 heteroatoms. The predicted octanol–water partition coefficient (Wildman–Crippen LogP) is 0.234. The van der Waals surface area contributed by atoms with Gasteiger partial charge in [-0.2, -0.15) is 13.2 Å². The number of carbonyl (C=O) groups is 1. The zero-order valence-corrected chi connectivity index (χ0v) is 11.9. The second-order valence-electron chi connectivity index (χ2n) is 4.36. The first-order valence-corrected chi connectivity index (χ1v) is 6.95. The average molecular weight is 298 g/mol. The van der Waals surface area contributed by atoms with Gasteiger partial charge in [0.15, 0.2) is 0 Å². The van der Waals surface area contributed by atoms with Crippen molar-refractivity contribution in [2.45, 2.75) is 25.9 Å². The Morgan fingerprint density at radius 2 is 1.35 bits per heavy atom. The summed E-state index contributed by atoms with van der Waals surface area (Å²) < 4.78 is 35.5. The van der Waals surface area contributed by atoms with Crippen LogP contribution in [0.1, 0.15) is 19.8 Å². The standard InChI is InChI=1S/C12H25F3N4O/c1-2-4-16-7-8-17-5-3-6-18-9-10-19-11(20)12(13,14)15/h16-18H,2-10H2,1H3,(H,19,20). The number of halogens is 3. The van der Waals surface area contributed by atoms with Crippen molar-refractivity contribution in [2.24, 2.45) is 0 Å². The summed E-state index contributed by atoms with van der Waals surface area (Å²) in [6, 6.07) is 0. The number of carbonyl (C=O) groups excluding carboxylic acids is 1. The van der Waals surface area contributed by atoms with Gasteiger partial charge < -0.3 is 21.3 Å². The Hall–Kier alpha value is -0.860. The lowest BCUT2D eigenvalue weighted by Gasteiger charge is -2.09. The summed E-state index contributed by atoms with van der Waals surface area (Å²) in [5, 5.41) is 11.3. The van der Waals surface area contributed by atoms with Crippen molar-refractivity contribution >= 4 is 5.91 Å². The average Bonchev–Trinajstić information content (AvgIpc) is 2.38. The molecule has 0 aliphatic carbocycles. The van der Waals surface area contributed by atoms with Crippen LogP contribution in [-0.4, -0.2) is 57.9 Å². The third-order valence-electron chi connectivity index (χ3n) is 2.46. The molecule has 0 aliphatic rings. The Bertz CT molecular complexity index is 249. The lowest BCUT2D eigenvalue weighted by atomic mass is 10.4. The predicted molar refractivity (Wildman–Crippen MR) is 72.6 cm³/mol. The first kappa shape index (κ1) is 19.1. The van der Waals surface area contributed by atoms with E-state index in [1.165, 1.54) is 0 Å². The molecule has 0 aromatic heterocycles. The van der Waals surface area contributed by atoms with Crippen LogP contribution in [0.2, 0.25) is 0 Å². The van der Waals surface area contributed by atoms with Gasteiger partial charge in [0.25, 0.3) is 0 Å². The minimum atomic E-state index is -4.80. The number of alkyl halides is 3. The van der Waals surface area contributed by atoms with Gasteiger partial charge in [0.1, 0.15) is 0 Å². The molecule has 0 spiro atoms. The van der Waals surface area contributed by atoms with Crippen molar-refractivity contribution in [3.63, 3.8) is 0 Å². The Balaban J connectivity index is 3.16. The molecule has 0 bridgehead atoms. The number of rotatable bonds is 12. The molecule has 0 aromatic rings. The third-order valence-corrected chi connectivity index (χ3v) is 2.46. The summed E-state index contributed by atoms with van der Waals surface area (Å²) in [4.78, 5) is 10.5. The molecule has 0 unspecified atom stereocenters. The molecule has 0 atom stereocenters. The van der Waals surface area contributed by atoms with Crippen LogP contribution < -0.4 is 21.3 Å². The molecule has 5 nitrogen and oxygen atoms in total. The number of hydrogen-bond acceptors (Lipinski definition) is 4. The van der Waals surface area contributed by atoms with Crippen molar-refractivity contribution in [1.29, 1.82) is 0 Å². The fraction of sp³-hybridized carbons (Fsp3) is 0.917.